The Bertz CT molecular complexity index is 198. The van der Waals surface area contributed by atoms with Crippen molar-refractivity contribution in [3.05, 3.63) is 0 Å². The van der Waals surface area contributed by atoms with Gasteiger partial charge in [0.25, 0.3) is 0 Å². The van der Waals surface area contributed by atoms with Crippen LogP contribution >= 0.6 is 0 Å². The van der Waals surface area contributed by atoms with Crippen LogP contribution in [0.4, 0.5) is 0 Å². The summed E-state index contributed by atoms with van der Waals surface area (Å²) in [5, 5.41) is 0. The first kappa shape index (κ1) is 30.2. The molecule has 0 aromatic heterocycles. The number of hydrogen-bond acceptors (Lipinski definition) is 20. The lowest BCUT2D eigenvalue weighted by atomic mass is 10.1. The van der Waals surface area contributed by atoms with Crippen molar-refractivity contribution in [2.75, 3.05) is 13.1 Å². The lowest BCUT2D eigenvalue weighted by Crippen LogP contribution is -2.69. The van der Waals surface area contributed by atoms with Crippen molar-refractivity contribution in [2.45, 2.75) is 70.6 Å². The summed E-state index contributed by atoms with van der Waals surface area (Å²) in [6, 6.07) is 0. The van der Waals surface area contributed by atoms with Gasteiger partial charge in [-0.05, 0) is 12.8 Å². The maximum absolute atomic E-state index is 3.08. The van der Waals surface area contributed by atoms with Gasteiger partial charge in [0, 0.05) is 13.1 Å². The largest absolute Gasteiger partial charge is 0.243 e. The van der Waals surface area contributed by atoms with E-state index in [4.69, 9.17) is 0 Å². The molecule has 198 valence electrons. The van der Waals surface area contributed by atoms with E-state index in [0.717, 1.165) is 25.9 Å². The highest BCUT2D eigenvalue weighted by molar-refractivity contribution is 4.50. The van der Waals surface area contributed by atoms with Crippen LogP contribution in [0.2, 0.25) is 0 Å². The molecule has 1 aliphatic heterocycles. The Hall–Kier alpha value is -0.800. The molecule has 0 aromatic rings. The summed E-state index contributed by atoms with van der Waals surface area (Å²) in [6.07, 6.45) is 14.1. The van der Waals surface area contributed by atoms with Crippen LogP contribution in [0.5, 0.6) is 0 Å². The summed E-state index contributed by atoms with van der Waals surface area (Å²) in [4.78, 5) is 0. The molecular formula is C13H46N20. The molecule has 0 saturated carbocycles. The van der Waals surface area contributed by atoms with Gasteiger partial charge in [0.1, 0.15) is 0 Å². The van der Waals surface area contributed by atoms with Gasteiger partial charge in [0.05, 0.1) is 0 Å². The molecule has 0 atom stereocenters. The van der Waals surface area contributed by atoms with Crippen molar-refractivity contribution in [3.8, 4) is 0 Å². The quantitative estimate of drug-likeness (QED) is 0.154. The average molecular weight is 483 g/mol. The van der Waals surface area contributed by atoms with E-state index in [2.05, 4.69) is 110 Å². The number of rotatable bonds is 0. The van der Waals surface area contributed by atoms with Crippen molar-refractivity contribution in [2.24, 2.45) is 0 Å². The zero-order valence-electron chi connectivity index (χ0n) is 19.2. The number of hydrogen-bond donors (Lipinski definition) is 20. The van der Waals surface area contributed by atoms with Crippen LogP contribution in [0, 0.1) is 0 Å². The van der Waals surface area contributed by atoms with E-state index in [9.17, 15) is 0 Å². The fourth-order valence-electron chi connectivity index (χ4n) is 2.73. The third-order valence-electron chi connectivity index (χ3n) is 4.34. The predicted molar refractivity (Wildman–Crippen MR) is 123 cm³/mol. The van der Waals surface area contributed by atoms with Gasteiger partial charge in [-0.2, -0.15) is 99.6 Å². The van der Waals surface area contributed by atoms with Crippen LogP contribution in [-0.4, -0.2) is 13.1 Å². The topological polar surface area (TPSA) is 241 Å². The Balaban J connectivity index is 2.00. The second kappa shape index (κ2) is 27.4. The molecule has 0 aromatic carbocycles. The monoisotopic (exact) mass is 482 g/mol. The van der Waals surface area contributed by atoms with E-state index in [-0.39, 0.29) is 0 Å². The highest BCUT2D eigenvalue weighted by atomic mass is 16.0. The van der Waals surface area contributed by atoms with Crippen molar-refractivity contribution in [3.63, 3.8) is 0 Å². The van der Waals surface area contributed by atoms with Gasteiger partial charge in [0.15, 0.2) is 0 Å². The van der Waals surface area contributed by atoms with Crippen molar-refractivity contribution in [1.82, 2.24) is 110 Å². The molecule has 33 heavy (non-hydrogen) atoms. The van der Waals surface area contributed by atoms with Gasteiger partial charge < -0.3 is 0 Å². The van der Waals surface area contributed by atoms with E-state index in [0.29, 0.717) is 0 Å². The van der Waals surface area contributed by atoms with Crippen LogP contribution in [0.25, 0.3) is 0 Å². The predicted octanol–water partition coefficient (Wildman–Crippen LogP) is -5.53. The molecule has 20 N–H and O–H groups in total. The van der Waals surface area contributed by atoms with Crippen molar-refractivity contribution < 1.29 is 0 Å². The Morgan fingerprint density at radius 2 is 0.364 bits per heavy atom. The fraction of sp³-hybridized carbons (Fsp3) is 1.00. The van der Waals surface area contributed by atoms with Gasteiger partial charge in [-0.25, -0.2) is 10.9 Å². The summed E-state index contributed by atoms with van der Waals surface area (Å²) in [6.45, 7) is 1.79. The van der Waals surface area contributed by atoms with Crippen LogP contribution in [0.15, 0.2) is 0 Å². The van der Waals surface area contributed by atoms with Gasteiger partial charge in [-0.1, -0.05) is 57.8 Å². The third-order valence-corrected chi connectivity index (χ3v) is 4.34. The van der Waals surface area contributed by atoms with Gasteiger partial charge >= 0.3 is 0 Å². The molecule has 1 saturated heterocycles. The van der Waals surface area contributed by atoms with Crippen LogP contribution in [-0.2, 0) is 0 Å². The lowest BCUT2D eigenvalue weighted by molar-refractivity contribution is 0.193. The molecule has 20 nitrogen and oxygen atoms in total. The van der Waals surface area contributed by atoms with E-state index >= 15 is 0 Å². The maximum Gasteiger partial charge on any atom is 0.0113 e. The summed E-state index contributed by atoms with van der Waals surface area (Å²) < 4.78 is 0. The van der Waals surface area contributed by atoms with Crippen LogP contribution in [0.1, 0.15) is 70.6 Å². The first-order valence-electron chi connectivity index (χ1n) is 11.5. The molecule has 0 aliphatic carbocycles. The Kier molecular flexibility index (Phi) is 25.1. The summed E-state index contributed by atoms with van der Waals surface area (Å²) in [5.74, 6) is 0. The molecule has 1 aliphatic rings. The first-order chi connectivity index (χ1) is 16.5. The van der Waals surface area contributed by atoms with E-state index < -0.39 is 0 Å². The zero-order chi connectivity index (χ0) is 23.3. The van der Waals surface area contributed by atoms with Crippen LogP contribution in [0.3, 0.4) is 0 Å². The second-order valence-electron chi connectivity index (χ2n) is 6.99. The Morgan fingerprint density at radius 3 is 0.606 bits per heavy atom. The molecule has 0 unspecified atom stereocenters. The maximum atomic E-state index is 3.08. The molecule has 1 rings (SSSR count). The summed E-state index contributed by atoms with van der Waals surface area (Å²) in [5.41, 5.74) is 53.7. The molecular weight excluding hydrogens is 436 g/mol. The molecule has 20 heteroatoms. The minimum Gasteiger partial charge on any atom is -0.243 e. The molecule has 1 heterocycles. The van der Waals surface area contributed by atoms with Crippen molar-refractivity contribution >= 4 is 0 Å². The highest BCUT2D eigenvalue weighted by Crippen LogP contribution is 2.10. The standard InChI is InChI=1S/C13H46N20/c1-2-4-6-8-10-12-14-16-18-20-22-24-26-28-30-32-33-31-29-27-25-23-21-19-17-15-13-11-9-7-5-3-1/h14-33H,1-13H2. The fourth-order valence-corrected chi connectivity index (χ4v) is 2.73. The minimum absolute atomic E-state index is 0.895. The Morgan fingerprint density at radius 1 is 0.182 bits per heavy atom. The van der Waals surface area contributed by atoms with Crippen molar-refractivity contribution in [1.29, 1.82) is 0 Å². The SMILES string of the molecule is C1CCCCCCNNNNNNNNNNNNNNNNNNNNCCCCCC1. The second-order valence-corrected chi connectivity index (χ2v) is 6.99. The van der Waals surface area contributed by atoms with Crippen LogP contribution < -0.4 is 110 Å². The number of hydrazine groups is 19. The molecule has 1 fully saturated rings. The first-order valence-corrected chi connectivity index (χ1v) is 11.5. The summed E-state index contributed by atoms with van der Waals surface area (Å²) >= 11 is 0. The smallest absolute Gasteiger partial charge is 0.0113 e. The third kappa shape index (κ3) is 25.7. The minimum atomic E-state index is 0.895. The normalized spacial score (nSPS) is 24.0. The highest BCUT2D eigenvalue weighted by Gasteiger charge is 1.94. The number of nitrogens with one attached hydrogen (secondary N) is 20. The van der Waals surface area contributed by atoms with E-state index in [1.54, 1.807) is 0 Å². The zero-order valence-corrected chi connectivity index (χ0v) is 19.2. The molecule has 0 amide bonds. The van der Waals surface area contributed by atoms with Gasteiger partial charge in [-0.3, -0.25) is 0 Å². The average Bonchev–Trinajstić information content (AvgIpc) is 2.83. The summed E-state index contributed by atoms with van der Waals surface area (Å²) in [7, 11) is 0. The lowest BCUT2D eigenvalue weighted by Gasteiger charge is -2.15. The van der Waals surface area contributed by atoms with Gasteiger partial charge in [0.2, 0.25) is 0 Å². The van der Waals surface area contributed by atoms with E-state index in [1.165, 1.54) is 57.8 Å². The Labute approximate surface area is 195 Å². The molecule has 0 radical (unpaired) electrons. The van der Waals surface area contributed by atoms with E-state index in [1.807, 2.05) is 0 Å². The molecule has 0 bridgehead atoms. The van der Waals surface area contributed by atoms with Gasteiger partial charge in [-0.15, -0.1) is 0 Å². The molecule has 0 spiro atoms.